The molecule has 1 atom stereocenters. The van der Waals surface area contributed by atoms with Crippen molar-refractivity contribution in [3.05, 3.63) is 0 Å². The van der Waals surface area contributed by atoms with Crippen LogP contribution < -0.4 is 0 Å². The summed E-state index contributed by atoms with van der Waals surface area (Å²) in [6.45, 7) is 9.85. The topological polar surface area (TPSA) is 59.0 Å². The number of esters is 1. The Balaban J connectivity index is 4.20. The molecule has 0 fully saturated rings. The van der Waals surface area contributed by atoms with E-state index in [9.17, 15) is 4.79 Å². The fourth-order valence-corrected chi connectivity index (χ4v) is 5.52. The minimum Gasteiger partial charge on any atom is -0.465 e. The number of ether oxygens (including phenoxy) is 2. The molecule has 0 saturated heterocycles. The Morgan fingerprint density at radius 3 is 1.52 bits per heavy atom. The molecule has 40 heavy (non-hydrogen) atoms. The third-order valence-electron chi connectivity index (χ3n) is 8.21. The molecule has 0 spiro atoms. The normalized spacial score (nSPS) is 12.3. The average molecular weight is 570 g/mol. The van der Waals surface area contributed by atoms with Gasteiger partial charge < -0.3 is 19.5 Å². The maximum Gasteiger partial charge on any atom is 0.308 e. The summed E-state index contributed by atoms with van der Waals surface area (Å²) in [5.74, 6) is 0.186. The first-order valence-electron chi connectivity index (χ1n) is 17.7. The Kier molecular flexibility index (Phi) is 32.3. The Hall–Kier alpha value is -0.650. The molecule has 0 aliphatic heterocycles. The number of hydrogen-bond donors (Lipinski definition) is 1. The van der Waals surface area contributed by atoms with Gasteiger partial charge in [-0.3, -0.25) is 4.79 Å². The smallest absolute Gasteiger partial charge is 0.308 e. The molecule has 0 aliphatic rings. The number of carbonyl (C=O) groups excluding carboxylic acids is 1. The van der Waals surface area contributed by atoms with Crippen molar-refractivity contribution in [3.63, 3.8) is 0 Å². The van der Waals surface area contributed by atoms with Crippen molar-refractivity contribution >= 4 is 5.97 Å². The van der Waals surface area contributed by atoms with Crippen LogP contribution in [0.3, 0.4) is 0 Å². The number of aliphatic hydroxyl groups excluding tert-OH is 1. The van der Waals surface area contributed by atoms with Crippen LogP contribution in [0.15, 0.2) is 0 Å². The minimum atomic E-state index is 0.0722. The van der Waals surface area contributed by atoms with E-state index in [1.807, 2.05) is 0 Å². The number of carbonyl (C=O) groups is 1. The summed E-state index contributed by atoms with van der Waals surface area (Å²) < 4.78 is 11.0. The fraction of sp³-hybridized carbons (Fsp3) is 0.971. The first-order chi connectivity index (χ1) is 19.7. The summed E-state index contributed by atoms with van der Waals surface area (Å²) in [5.41, 5.74) is 0. The van der Waals surface area contributed by atoms with Crippen LogP contribution in [0.25, 0.3) is 0 Å². The number of hydrogen-bond acceptors (Lipinski definition) is 5. The van der Waals surface area contributed by atoms with Crippen LogP contribution in [0.4, 0.5) is 0 Å². The van der Waals surface area contributed by atoms with Crippen molar-refractivity contribution in [3.8, 4) is 0 Å². The Labute approximate surface area is 250 Å². The zero-order valence-corrected chi connectivity index (χ0v) is 27.4. The second kappa shape index (κ2) is 32.9. The lowest BCUT2D eigenvalue weighted by Gasteiger charge is -2.22. The average Bonchev–Trinajstić information content (AvgIpc) is 2.96. The van der Waals surface area contributed by atoms with Crippen molar-refractivity contribution < 1.29 is 19.4 Å². The van der Waals surface area contributed by atoms with Gasteiger partial charge in [-0.25, -0.2) is 0 Å². The standard InChI is InChI=1S/C35H71NO4/c1-4-6-8-10-11-19-27-34(26-18-9-7-5-2)35(38)40-33-25-17-14-22-30-36(28-20-12-15-23-31-37)29-21-13-16-24-32-39-3/h34,37H,4-33H2,1-3H3. The molecule has 0 bridgehead atoms. The van der Waals surface area contributed by atoms with E-state index in [4.69, 9.17) is 14.6 Å². The van der Waals surface area contributed by atoms with Crippen LogP contribution in [0, 0.1) is 5.92 Å². The van der Waals surface area contributed by atoms with E-state index in [0.29, 0.717) is 13.2 Å². The van der Waals surface area contributed by atoms with Crippen LogP contribution in [0.1, 0.15) is 168 Å². The fourth-order valence-electron chi connectivity index (χ4n) is 5.52. The highest BCUT2D eigenvalue weighted by Crippen LogP contribution is 2.21. The van der Waals surface area contributed by atoms with Crippen molar-refractivity contribution in [1.82, 2.24) is 4.90 Å². The predicted octanol–water partition coefficient (Wildman–Crippen LogP) is 9.49. The third kappa shape index (κ3) is 27.5. The van der Waals surface area contributed by atoms with Gasteiger partial charge in [-0.2, -0.15) is 0 Å². The molecule has 5 nitrogen and oxygen atoms in total. The SMILES string of the molecule is CCCCCCCCC(CCCCCC)C(=O)OCCCCCCN(CCCCCCO)CCCCCCOC. The Morgan fingerprint density at radius 1 is 0.575 bits per heavy atom. The van der Waals surface area contributed by atoms with Gasteiger partial charge in [0.1, 0.15) is 0 Å². The summed E-state index contributed by atoms with van der Waals surface area (Å²) in [7, 11) is 1.78. The van der Waals surface area contributed by atoms with Gasteiger partial charge in [-0.05, 0) is 71.0 Å². The summed E-state index contributed by atoms with van der Waals surface area (Å²) >= 11 is 0. The maximum atomic E-state index is 12.9. The summed E-state index contributed by atoms with van der Waals surface area (Å²) in [6.07, 6.45) is 28.7. The monoisotopic (exact) mass is 570 g/mol. The zero-order valence-electron chi connectivity index (χ0n) is 27.4. The number of methoxy groups -OCH3 is 1. The molecular weight excluding hydrogens is 498 g/mol. The summed E-state index contributed by atoms with van der Waals surface area (Å²) in [5, 5.41) is 9.01. The summed E-state index contributed by atoms with van der Waals surface area (Å²) in [6, 6.07) is 0. The van der Waals surface area contributed by atoms with E-state index in [1.165, 1.54) is 129 Å². The second-order valence-corrected chi connectivity index (χ2v) is 12.1. The second-order valence-electron chi connectivity index (χ2n) is 12.1. The van der Waals surface area contributed by atoms with Gasteiger partial charge in [0.2, 0.25) is 0 Å². The molecule has 0 radical (unpaired) electrons. The molecule has 0 saturated carbocycles. The van der Waals surface area contributed by atoms with E-state index in [-0.39, 0.29) is 11.9 Å². The summed E-state index contributed by atoms with van der Waals surface area (Å²) in [4.78, 5) is 15.5. The molecule has 0 aromatic heterocycles. The molecule has 0 aromatic rings. The molecular formula is C35H71NO4. The van der Waals surface area contributed by atoms with Gasteiger partial charge in [0.25, 0.3) is 0 Å². The zero-order chi connectivity index (χ0) is 29.4. The van der Waals surface area contributed by atoms with Crippen LogP contribution >= 0.6 is 0 Å². The molecule has 1 unspecified atom stereocenters. The van der Waals surface area contributed by atoms with E-state index < -0.39 is 0 Å². The van der Waals surface area contributed by atoms with Crippen LogP contribution in [-0.4, -0.2) is 62.5 Å². The van der Waals surface area contributed by atoms with Gasteiger partial charge in [-0.15, -0.1) is 0 Å². The van der Waals surface area contributed by atoms with Crippen molar-refractivity contribution in [2.45, 2.75) is 168 Å². The first kappa shape index (κ1) is 39.4. The number of nitrogens with zero attached hydrogens (tertiary/aromatic N) is 1. The Morgan fingerprint density at radius 2 is 1.00 bits per heavy atom. The Bertz CT molecular complexity index is 502. The lowest BCUT2D eigenvalue weighted by Crippen LogP contribution is -2.27. The van der Waals surface area contributed by atoms with Crippen molar-refractivity contribution in [2.24, 2.45) is 5.92 Å². The molecule has 0 rings (SSSR count). The van der Waals surface area contributed by atoms with Gasteiger partial charge in [0, 0.05) is 20.3 Å². The molecule has 5 heteroatoms. The van der Waals surface area contributed by atoms with Gasteiger partial charge in [-0.1, -0.05) is 117 Å². The molecule has 1 N–H and O–H groups in total. The third-order valence-corrected chi connectivity index (χ3v) is 8.21. The lowest BCUT2D eigenvalue weighted by atomic mass is 9.94. The van der Waals surface area contributed by atoms with E-state index in [2.05, 4.69) is 18.7 Å². The number of aliphatic hydroxyl groups is 1. The molecule has 240 valence electrons. The van der Waals surface area contributed by atoms with Gasteiger partial charge >= 0.3 is 5.97 Å². The molecule has 0 amide bonds. The van der Waals surface area contributed by atoms with Crippen LogP contribution in [0.2, 0.25) is 0 Å². The highest BCUT2D eigenvalue weighted by molar-refractivity contribution is 5.72. The minimum absolute atomic E-state index is 0.0722. The van der Waals surface area contributed by atoms with Gasteiger partial charge in [0.15, 0.2) is 0 Å². The first-order valence-corrected chi connectivity index (χ1v) is 17.7. The predicted molar refractivity (Wildman–Crippen MR) is 172 cm³/mol. The van der Waals surface area contributed by atoms with Gasteiger partial charge in [0.05, 0.1) is 12.5 Å². The van der Waals surface area contributed by atoms with Crippen LogP contribution in [0.5, 0.6) is 0 Å². The van der Waals surface area contributed by atoms with Crippen molar-refractivity contribution in [1.29, 1.82) is 0 Å². The highest BCUT2D eigenvalue weighted by atomic mass is 16.5. The van der Waals surface area contributed by atoms with E-state index >= 15 is 0 Å². The number of rotatable bonds is 33. The molecule has 0 aromatic carbocycles. The molecule has 0 aliphatic carbocycles. The molecule has 0 heterocycles. The quantitative estimate of drug-likeness (QED) is 0.0630. The number of unbranched alkanes of at least 4 members (excludes halogenated alkanes) is 17. The highest BCUT2D eigenvalue weighted by Gasteiger charge is 2.19. The van der Waals surface area contributed by atoms with E-state index in [0.717, 1.165) is 51.6 Å². The van der Waals surface area contributed by atoms with Crippen LogP contribution in [-0.2, 0) is 14.3 Å². The van der Waals surface area contributed by atoms with E-state index in [1.54, 1.807) is 7.11 Å². The largest absolute Gasteiger partial charge is 0.465 e. The lowest BCUT2D eigenvalue weighted by molar-refractivity contribution is -0.149. The maximum absolute atomic E-state index is 12.9. The van der Waals surface area contributed by atoms with Crippen molar-refractivity contribution in [2.75, 3.05) is 46.6 Å².